The third-order valence-electron chi connectivity index (χ3n) is 2.21. The first kappa shape index (κ1) is 12.7. The Kier molecular flexibility index (Phi) is 3.51. The van der Waals surface area contributed by atoms with Crippen molar-refractivity contribution in [1.29, 1.82) is 0 Å². The molecule has 0 unspecified atom stereocenters. The van der Waals surface area contributed by atoms with Gasteiger partial charge in [-0.15, -0.1) is 4.98 Å². The molecule has 8 heteroatoms. The maximum atomic E-state index is 11.6. The molecular weight excluding hydrogens is 252 g/mol. The van der Waals surface area contributed by atoms with Crippen molar-refractivity contribution in [2.24, 2.45) is 0 Å². The van der Waals surface area contributed by atoms with E-state index in [1.807, 2.05) is 0 Å². The normalized spacial score (nSPS) is 10.0. The molecule has 0 fully saturated rings. The molecule has 1 N–H and O–H groups in total. The van der Waals surface area contributed by atoms with Gasteiger partial charge in [0.15, 0.2) is 5.82 Å². The van der Waals surface area contributed by atoms with Gasteiger partial charge < -0.3 is 14.6 Å². The highest BCUT2D eigenvalue weighted by atomic mass is 16.5. The number of hydrogen-bond donors (Lipinski definition) is 1. The summed E-state index contributed by atoms with van der Waals surface area (Å²) >= 11 is 0. The van der Waals surface area contributed by atoms with Crippen molar-refractivity contribution < 1.29 is 19.4 Å². The summed E-state index contributed by atoms with van der Waals surface area (Å²) in [5.74, 6) is -0.563. The Morgan fingerprint density at radius 3 is 2.74 bits per heavy atom. The predicted molar refractivity (Wildman–Crippen MR) is 62.6 cm³/mol. The van der Waals surface area contributed by atoms with Crippen LogP contribution in [-0.4, -0.2) is 45.2 Å². The number of aromatic nitrogens is 4. The number of rotatable bonds is 3. The molecule has 2 heterocycles. The number of aromatic hydroxyl groups is 1. The molecule has 0 saturated heterocycles. The molecule has 19 heavy (non-hydrogen) atoms. The number of nitrogens with zero attached hydrogens (tertiary/aromatic N) is 4. The second-order valence-corrected chi connectivity index (χ2v) is 3.34. The van der Waals surface area contributed by atoms with Gasteiger partial charge in [-0.25, -0.2) is 4.79 Å². The van der Waals surface area contributed by atoms with E-state index < -0.39 is 12.0 Å². The fraction of sp³-hybridized carbons (Fsp3) is 0.182. The quantitative estimate of drug-likeness (QED) is 0.793. The Balaban J connectivity index is 2.58. The minimum Gasteiger partial charge on any atom is -0.479 e. The van der Waals surface area contributed by atoms with Gasteiger partial charge >= 0.3 is 18.0 Å². The lowest BCUT2D eigenvalue weighted by Crippen LogP contribution is -2.07. The van der Waals surface area contributed by atoms with Crippen LogP contribution < -0.4 is 4.74 Å². The van der Waals surface area contributed by atoms with Crippen LogP contribution in [0.3, 0.4) is 0 Å². The molecule has 0 saturated carbocycles. The first-order chi connectivity index (χ1) is 9.15. The molecule has 0 atom stereocenters. The summed E-state index contributed by atoms with van der Waals surface area (Å²) in [6.45, 7) is 0. The van der Waals surface area contributed by atoms with E-state index in [9.17, 15) is 9.90 Å². The van der Waals surface area contributed by atoms with Crippen LogP contribution in [0.15, 0.2) is 18.3 Å². The van der Waals surface area contributed by atoms with E-state index in [4.69, 9.17) is 4.74 Å². The summed E-state index contributed by atoms with van der Waals surface area (Å²) in [6.07, 6.45) is 1.47. The standard InChI is InChI=1S/C11H10N4O4/c1-18-9(16)6-4-3-5-12-7(6)8-13-10(17)15-11(14-8)19-2/h3-5H,1-2H3,(H,13,14,15,17). The Bertz CT molecular complexity index is 617. The average molecular weight is 262 g/mol. The molecule has 0 aliphatic carbocycles. The fourth-order valence-corrected chi connectivity index (χ4v) is 1.40. The van der Waals surface area contributed by atoms with Gasteiger partial charge in [0.05, 0.1) is 19.8 Å². The zero-order valence-electron chi connectivity index (χ0n) is 10.2. The molecule has 98 valence electrons. The van der Waals surface area contributed by atoms with Gasteiger partial charge in [-0.2, -0.15) is 9.97 Å². The van der Waals surface area contributed by atoms with Crippen molar-refractivity contribution in [1.82, 2.24) is 19.9 Å². The second kappa shape index (κ2) is 5.25. The summed E-state index contributed by atoms with van der Waals surface area (Å²) in [4.78, 5) is 26.8. The van der Waals surface area contributed by atoms with Gasteiger partial charge in [0, 0.05) is 6.20 Å². The maximum absolute atomic E-state index is 11.6. The van der Waals surface area contributed by atoms with Gasteiger partial charge in [-0.3, -0.25) is 4.98 Å². The molecule has 0 amide bonds. The molecule has 0 radical (unpaired) electrons. The first-order valence-corrected chi connectivity index (χ1v) is 5.18. The number of methoxy groups -OCH3 is 2. The largest absolute Gasteiger partial charge is 0.479 e. The van der Waals surface area contributed by atoms with Crippen LogP contribution in [0.1, 0.15) is 10.4 Å². The molecule has 8 nitrogen and oxygen atoms in total. The molecule has 2 aromatic rings. The zero-order valence-corrected chi connectivity index (χ0v) is 10.2. The highest BCUT2D eigenvalue weighted by Gasteiger charge is 2.18. The van der Waals surface area contributed by atoms with Crippen LogP contribution in [0.25, 0.3) is 11.5 Å². The van der Waals surface area contributed by atoms with Gasteiger partial charge in [-0.1, -0.05) is 0 Å². The van der Waals surface area contributed by atoms with E-state index >= 15 is 0 Å². The monoisotopic (exact) mass is 262 g/mol. The van der Waals surface area contributed by atoms with Crippen LogP contribution >= 0.6 is 0 Å². The topological polar surface area (TPSA) is 107 Å². The Morgan fingerprint density at radius 2 is 2.05 bits per heavy atom. The van der Waals surface area contributed by atoms with Crippen LogP contribution in [0.4, 0.5) is 0 Å². The Labute approximate surface area is 108 Å². The van der Waals surface area contributed by atoms with Crippen molar-refractivity contribution in [3.63, 3.8) is 0 Å². The van der Waals surface area contributed by atoms with E-state index in [2.05, 4.69) is 24.7 Å². The van der Waals surface area contributed by atoms with E-state index in [1.54, 1.807) is 6.07 Å². The van der Waals surface area contributed by atoms with Crippen LogP contribution in [-0.2, 0) is 4.74 Å². The minimum absolute atomic E-state index is 0.0188. The van der Waals surface area contributed by atoms with Crippen LogP contribution in [0.2, 0.25) is 0 Å². The second-order valence-electron chi connectivity index (χ2n) is 3.34. The van der Waals surface area contributed by atoms with E-state index in [-0.39, 0.29) is 23.1 Å². The van der Waals surface area contributed by atoms with E-state index in [0.29, 0.717) is 0 Å². The molecule has 0 aromatic carbocycles. The summed E-state index contributed by atoms with van der Waals surface area (Å²) in [5.41, 5.74) is 0.350. The molecular formula is C11H10N4O4. The molecule has 0 spiro atoms. The lowest BCUT2D eigenvalue weighted by molar-refractivity contribution is 0.0601. The minimum atomic E-state index is -0.582. The van der Waals surface area contributed by atoms with Gasteiger partial charge in [0.25, 0.3) is 0 Å². The predicted octanol–water partition coefficient (Wildman–Crippen LogP) is 0.434. The number of pyridine rings is 1. The highest BCUT2D eigenvalue weighted by Crippen LogP contribution is 2.21. The van der Waals surface area contributed by atoms with E-state index in [0.717, 1.165) is 0 Å². The number of esters is 1. The zero-order chi connectivity index (χ0) is 13.8. The molecule has 0 bridgehead atoms. The van der Waals surface area contributed by atoms with Crippen molar-refractivity contribution in [2.75, 3.05) is 14.2 Å². The van der Waals surface area contributed by atoms with Gasteiger partial charge in [0.1, 0.15) is 5.69 Å². The summed E-state index contributed by atoms with van der Waals surface area (Å²) < 4.78 is 9.46. The van der Waals surface area contributed by atoms with E-state index in [1.165, 1.54) is 26.5 Å². The highest BCUT2D eigenvalue weighted by molar-refractivity contribution is 5.95. The van der Waals surface area contributed by atoms with Crippen LogP contribution in [0, 0.1) is 0 Å². The summed E-state index contributed by atoms with van der Waals surface area (Å²) in [6, 6.07) is 2.49. The summed E-state index contributed by atoms with van der Waals surface area (Å²) in [7, 11) is 2.60. The molecule has 0 aliphatic rings. The van der Waals surface area contributed by atoms with Crippen molar-refractivity contribution >= 4 is 5.97 Å². The average Bonchev–Trinajstić information content (AvgIpc) is 2.45. The third-order valence-corrected chi connectivity index (χ3v) is 2.21. The first-order valence-electron chi connectivity index (χ1n) is 5.18. The maximum Gasteiger partial charge on any atom is 0.340 e. The van der Waals surface area contributed by atoms with Crippen molar-refractivity contribution in [3.05, 3.63) is 23.9 Å². The Morgan fingerprint density at radius 1 is 1.26 bits per heavy atom. The lowest BCUT2D eigenvalue weighted by atomic mass is 10.2. The van der Waals surface area contributed by atoms with Crippen molar-refractivity contribution in [3.8, 4) is 23.5 Å². The van der Waals surface area contributed by atoms with Crippen LogP contribution in [0.5, 0.6) is 12.0 Å². The van der Waals surface area contributed by atoms with Crippen molar-refractivity contribution in [2.45, 2.75) is 0 Å². The third kappa shape index (κ3) is 2.57. The number of carbonyl (C=O) groups is 1. The molecule has 0 aliphatic heterocycles. The lowest BCUT2D eigenvalue weighted by Gasteiger charge is -2.06. The number of hydrogen-bond acceptors (Lipinski definition) is 8. The summed E-state index contributed by atoms with van der Waals surface area (Å²) in [5, 5.41) is 9.39. The molecule has 2 aromatic heterocycles. The van der Waals surface area contributed by atoms with Gasteiger partial charge in [-0.05, 0) is 12.1 Å². The number of ether oxygens (including phenoxy) is 2. The molecule has 2 rings (SSSR count). The fourth-order valence-electron chi connectivity index (χ4n) is 1.40. The SMILES string of the molecule is COC(=O)c1cccnc1-c1nc(O)nc(OC)n1. The number of carbonyl (C=O) groups excluding carboxylic acids is 1. The van der Waals surface area contributed by atoms with Gasteiger partial charge in [0.2, 0.25) is 0 Å². The smallest absolute Gasteiger partial charge is 0.340 e. The Hall–Kier alpha value is -2.77.